The normalized spacial score (nSPS) is 13.7. The smallest absolute Gasteiger partial charge is 0.274 e. The fourth-order valence-corrected chi connectivity index (χ4v) is 3.77. The summed E-state index contributed by atoms with van der Waals surface area (Å²) < 4.78 is 32.6. The maximum absolute atomic E-state index is 12.3. The topological polar surface area (TPSA) is 71.3 Å². The summed E-state index contributed by atoms with van der Waals surface area (Å²) in [6.45, 7) is 6.36. The van der Waals surface area contributed by atoms with E-state index in [0.29, 0.717) is 18.3 Å². The van der Waals surface area contributed by atoms with Crippen molar-refractivity contribution >= 4 is 21.4 Å². The molecular weight excluding hydrogens is 308 g/mol. The summed E-state index contributed by atoms with van der Waals surface area (Å²) in [4.78, 5) is 0.965. The fraction of sp³-hybridized carbons (Fsp3) is 0.429. The van der Waals surface area contributed by atoms with Gasteiger partial charge in [0.25, 0.3) is 10.0 Å². The van der Waals surface area contributed by atoms with Gasteiger partial charge in [0.05, 0.1) is 12.6 Å². The van der Waals surface area contributed by atoms with Crippen LogP contribution in [0.25, 0.3) is 0 Å². The van der Waals surface area contributed by atoms with Crippen molar-refractivity contribution in [1.29, 1.82) is 0 Å². The average molecular weight is 328 g/mol. The number of nitrogens with one attached hydrogen (secondary N) is 2. The Hall–Kier alpha value is -1.15. The van der Waals surface area contributed by atoms with Crippen molar-refractivity contribution < 1.29 is 12.8 Å². The predicted molar refractivity (Wildman–Crippen MR) is 83.7 cm³/mol. The van der Waals surface area contributed by atoms with Crippen LogP contribution < -0.4 is 10.0 Å². The van der Waals surface area contributed by atoms with E-state index in [1.54, 1.807) is 6.07 Å². The third-order valence-corrected chi connectivity index (χ3v) is 5.36. The minimum Gasteiger partial charge on any atom is -0.447 e. The second kappa shape index (κ2) is 6.74. The fourth-order valence-electron chi connectivity index (χ4n) is 1.79. The second-order valence-corrected chi connectivity index (χ2v) is 7.74. The molecule has 2 N–H and O–H groups in total. The Labute approximate surface area is 129 Å². The SMILES string of the molecule is CC(C)NCc1ccc(S(=O)(=O)NC(C)c2cccs2)o1. The average Bonchev–Trinajstić information content (AvgIpc) is 3.07. The molecule has 0 aromatic carbocycles. The van der Waals surface area contributed by atoms with Crippen LogP contribution in [-0.2, 0) is 16.6 Å². The summed E-state index contributed by atoms with van der Waals surface area (Å²) in [5.41, 5.74) is 0. The lowest BCUT2D eigenvalue weighted by Gasteiger charge is -2.11. The molecule has 2 aromatic heterocycles. The number of rotatable bonds is 7. The molecule has 0 aliphatic rings. The molecule has 1 atom stereocenters. The zero-order chi connectivity index (χ0) is 15.5. The Kier molecular flexibility index (Phi) is 5.21. The van der Waals surface area contributed by atoms with Crippen molar-refractivity contribution in [1.82, 2.24) is 10.0 Å². The van der Waals surface area contributed by atoms with Gasteiger partial charge in [0.15, 0.2) is 0 Å². The number of thiophene rings is 1. The van der Waals surface area contributed by atoms with Crippen molar-refractivity contribution in [2.75, 3.05) is 0 Å². The highest BCUT2D eigenvalue weighted by molar-refractivity contribution is 7.89. The lowest BCUT2D eigenvalue weighted by atomic mass is 10.3. The van der Waals surface area contributed by atoms with Gasteiger partial charge < -0.3 is 9.73 Å². The highest BCUT2D eigenvalue weighted by atomic mass is 32.2. The largest absolute Gasteiger partial charge is 0.447 e. The van der Waals surface area contributed by atoms with E-state index in [1.165, 1.54) is 17.4 Å². The molecule has 2 aromatic rings. The molecule has 0 bridgehead atoms. The Bertz CT molecular complexity index is 660. The van der Waals surface area contributed by atoms with E-state index in [2.05, 4.69) is 10.0 Å². The zero-order valence-electron chi connectivity index (χ0n) is 12.3. The van der Waals surface area contributed by atoms with Crippen LogP contribution in [0.5, 0.6) is 0 Å². The summed E-state index contributed by atoms with van der Waals surface area (Å²) in [5.74, 6) is 0.604. The van der Waals surface area contributed by atoms with Crippen LogP contribution in [0.15, 0.2) is 39.2 Å². The standard InChI is InChI=1S/C14H20N2O3S2/c1-10(2)15-9-12-6-7-14(19-12)21(17,18)16-11(3)13-5-4-8-20-13/h4-8,10-11,15-16H,9H2,1-3H3. The van der Waals surface area contributed by atoms with Gasteiger partial charge in [0, 0.05) is 10.9 Å². The number of furan rings is 1. The highest BCUT2D eigenvalue weighted by Gasteiger charge is 2.22. The van der Waals surface area contributed by atoms with Crippen molar-refractivity contribution in [3.8, 4) is 0 Å². The van der Waals surface area contributed by atoms with E-state index in [1.807, 2.05) is 38.3 Å². The van der Waals surface area contributed by atoms with Crippen LogP contribution in [0.4, 0.5) is 0 Å². The van der Waals surface area contributed by atoms with Crippen LogP contribution in [0.3, 0.4) is 0 Å². The van der Waals surface area contributed by atoms with Crippen LogP contribution in [0.1, 0.15) is 37.5 Å². The lowest BCUT2D eigenvalue weighted by molar-refractivity contribution is 0.392. The van der Waals surface area contributed by atoms with Crippen molar-refractivity contribution in [2.24, 2.45) is 0 Å². The Morgan fingerprint density at radius 1 is 1.24 bits per heavy atom. The maximum Gasteiger partial charge on any atom is 0.274 e. The first-order valence-electron chi connectivity index (χ1n) is 6.76. The van der Waals surface area contributed by atoms with Gasteiger partial charge in [-0.15, -0.1) is 11.3 Å². The quantitative estimate of drug-likeness (QED) is 0.820. The number of hydrogen-bond donors (Lipinski definition) is 2. The van der Waals surface area contributed by atoms with E-state index >= 15 is 0 Å². The molecule has 0 fully saturated rings. The number of hydrogen-bond acceptors (Lipinski definition) is 5. The van der Waals surface area contributed by atoms with Crippen molar-refractivity contribution in [3.63, 3.8) is 0 Å². The van der Waals surface area contributed by atoms with Gasteiger partial charge in [0.1, 0.15) is 5.76 Å². The zero-order valence-corrected chi connectivity index (χ0v) is 13.9. The molecule has 0 aliphatic carbocycles. The molecule has 5 nitrogen and oxygen atoms in total. The lowest BCUT2D eigenvalue weighted by Crippen LogP contribution is -2.26. The van der Waals surface area contributed by atoms with Crippen molar-refractivity contribution in [3.05, 3.63) is 40.3 Å². The molecule has 0 amide bonds. The summed E-state index contributed by atoms with van der Waals surface area (Å²) in [6, 6.07) is 7.00. The van der Waals surface area contributed by atoms with Crippen molar-refractivity contribution in [2.45, 2.75) is 44.5 Å². The van der Waals surface area contributed by atoms with E-state index in [4.69, 9.17) is 4.42 Å². The third-order valence-electron chi connectivity index (χ3n) is 2.89. The molecule has 0 aliphatic heterocycles. The van der Waals surface area contributed by atoms with Gasteiger partial charge in [0.2, 0.25) is 5.09 Å². The highest BCUT2D eigenvalue weighted by Crippen LogP contribution is 2.22. The minimum absolute atomic E-state index is 0.0496. The summed E-state index contributed by atoms with van der Waals surface area (Å²) in [6.07, 6.45) is 0. The van der Waals surface area contributed by atoms with Gasteiger partial charge in [-0.1, -0.05) is 19.9 Å². The van der Waals surface area contributed by atoms with Crippen LogP contribution in [0.2, 0.25) is 0 Å². The predicted octanol–water partition coefficient (Wildman–Crippen LogP) is 2.88. The van der Waals surface area contributed by atoms with Gasteiger partial charge in [-0.2, -0.15) is 0 Å². The molecule has 0 saturated carbocycles. The molecular formula is C14H20N2O3S2. The Morgan fingerprint density at radius 3 is 2.62 bits per heavy atom. The Morgan fingerprint density at radius 2 is 2.00 bits per heavy atom. The maximum atomic E-state index is 12.3. The molecule has 2 heterocycles. The van der Waals surface area contributed by atoms with E-state index < -0.39 is 10.0 Å². The molecule has 0 radical (unpaired) electrons. The van der Waals surface area contributed by atoms with Gasteiger partial charge in [-0.25, -0.2) is 13.1 Å². The molecule has 0 saturated heterocycles. The molecule has 21 heavy (non-hydrogen) atoms. The molecule has 0 spiro atoms. The monoisotopic (exact) mass is 328 g/mol. The van der Waals surface area contributed by atoms with E-state index in [-0.39, 0.29) is 11.1 Å². The van der Waals surface area contributed by atoms with E-state index in [0.717, 1.165) is 4.88 Å². The van der Waals surface area contributed by atoms with Crippen LogP contribution in [-0.4, -0.2) is 14.5 Å². The van der Waals surface area contributed by atoms with Crippen LogP contribution in [0, 0.1) is 0 Å². The van der Waals surface area contributed by atoms with Gasteiger partial charge in [-0.3, -0.25) is 0 Å². The first kappa shape index (κ1) is 16.2. The molecule has 1 unspecified atom stereocenters. The van der Waals surface area contributed by atoms with Gasteiger partial charge >= 0.3 is 0 Å². The number of sulfonamides is 1. The second-order valence-electron chi connectivity index (χ2n) is 5.11. The van der Waals surface area contributed by atoms with Crippen LogP contribution >= 0.6 is 11.3 Å². The first-order chi connectivity index (χ1) is 9.88. The van der Waals surface area contributed by atoms with E-state index in [9.17, 15) is 8.42 Å². The summed E-state index contributed by atoms with van der Waals surface area (Å²) >= 11 is 1.52. The molecule has 116 valence electrons. The van der Waals surface area contributed by atoms with Gasteiger partial charge in [-0.05, 0) is 30.5 Å². The third kappa shape index (κ3) is 4.41. The Balaban J connectivity index is 2.05. The molecule has 7 heteroatoms. The summed E-state index contributed by atoms with van der Waals surface area (Å²) in [7, 11) is -3.64. The molecule has 2 rings (SSSR count). The minimum atomic E-state index is -3.64. The first-order valence-corrected chi connectivity index (χ1v) is 9.12. The summed E-state index contributed by atoms with van der Waals surface area (Å²) in [5, 5.41) is 5.05.